The van der Waals surface area contributed by atoms with E-state index in [-0.39, 0.29) is 18.9 Å². The van der Waals surface area contributed by atoms with Crippen molar-refractivity contribution < 1.29 is 28.0 Å². The van der Waals surface area contributed by atoms with Crippen LogP contribution >= 0.6 is 8.34 Å². The topological polar surface area (TPSA) is 34.1 Å². The van der Waals surface area contributed by atoms with Crippen LogP contribution in [0.4, 0.5) is 0 Å². The maximum atomic E-state index is 8.35. The largest absolute Gasteiger partial charge is 1.00 e. The Hall–Kier alpha value is 0.497. The predicted octanol–water partition coefficient (Wildman–Crippen LogP) is -2.37. The Kier molecular flexibility index (Phi) is 21.5. The van der Waals surface area contributed by atoms with E-state index in [4.69, 9.17) is 9.13 Å². The number of rotatable bonds is 0. The van der Waals surface area contributed by atoms with Crippen LogP contribution in [0.25, 0.3) is 0 Å². The quantitative estimate of drug-likeness (QED) is 0.236. The second-order valence-corrected chi connectivity index (χ2v) is 0.224. The molecule has 0 aromatic heterocycles. The summed E-state index contributed by atoms with van der Waals surface area (Å²) in [5.41, 5.74) is 0. The zero-order valence-corrected chi connectivity index (χ0v) is 3.16. The second-order valence-electron chi connectivity index (χ2n) is 0.0745. The van der Waals surface area contributed by atoms with Crippen molar-refractivity contribution in [2.45, 2.75) is 0 Å². The first-order valence-corrected chi connectivity index (χ1v) is 1.10. The molecule has 4 heavy (non-hydrogen) atoms. The smallest absolute Gasteiger partial charge is 0.474 e. The summed E-state index contributed by atoms with van der Waals surface area (Å²) in [4.78, 5) is 0. The van der Waals surface area contributed by atoms with Crippen molar-refractivity contribution in [2.75, 3.05) is 0 Å². The van der Waals surface area contributed by atoms with Crippen molar-refractivity contribution in [1.29, 1.82) is 0 Å². The molecule has 0 amide bonds. The molecule has 0 saturated carbocycles. The third-order valence-corrected chi connectivity index (χ3v) is 0. The first-order chi connectivity index (χ1) is 1.41. The van der Waals surface area contributed by atoms with E-state index in [1.165, 1.54) is 0 Å². The molecule has 0 rings (SSSR count). The van der Waals surface area contributed by atoms with Crippen LogP contribution in [0, 0.1) is 0 Å². The van der Waals surface area contributed by atoms with E-state index in [2.05, 4.69) is 0 Å². The number of hydrogen-bond acceptors (Lipinski definition) is 2. The van der Waals surface area contributed by atoms with E-state index in [0.717, 1.165) is 0 Å². The Bertz CT molecular complexity index is 27.0. The Morgan fingerprint density at radius 1 is 1.25 bits per heavy atom. The van der Waals surface area contributed by atoms with Gasteiger partial charge in [0, 0.05) is 0 Å². The summed E-state index contributed by atoms with van der Waals surface area (Å²) in [6.45, 7) is 0. The minimum absolute atomic E-state index is 0. The van der Waals surface area contributed by atoms with Gasteiger partial charge in [-0.25, -0.2) is 0 Å². The molecule has 0 atom stereocenters. The van der Waals surface area contributed by atoms with Crippen molar-refractivity contribution in [3.8, 4) is 0 Å². The Balaban J connectivity index is 0. The van der Waals surface area contributed by atoms with Gasteiger partial charge in [-0.05, 0) is 0 Å². The molecule has 0 N–H and O–H groups in total. The average molecular weight is 69.9 g/mol. The van der Waals surface area contributed by atoms with Gasteiger partial charge in [-0.3, -0.25) is 0 Å². The van der Waals surface area contributed by atoms with Gasteiger partial charge in [-0.1, -0.05) is 8.34 Å². The summed E-state index contributed by atoms with van der Waals surface area (Å²) >= 11 is 0. The minimum Gasteiger partial charge on any atom is -0.474 e. The Labute approximate surface area is 37.0 Å². The van der Waals surface area contributed by atoms with E-state index in [9.17, 15) is 0 Å². The van der Waals surface area contributed by atoms with Gasteiger partial charge in [-0.15, -0.1) is 0 Å². The molecule has 0 aromatic rings. The fraction of sp³-hybridized carbons (Fsp3) is 0. The first kappa shape index (κ1) is 8.82. The average Bonchev–Trinajstić information content (AvgIpc) is 0.918. The summed E-state index contributed by atoms with van der Waals surface area (Å²) in [5, 5.41) is 0. The van der Waals surface area contributed by atoms with Crippen LogP contribution in [-0.2, 0) is 9.13 Å². The van der Waals surface area contributed by atoms with Crippen LogP contribution in [0.5, 0.6) is 0 Å². The maximum Gasteiger partial charge on any atom is 1.00 e. The van der Waals surface area contributed by atoms with Crippen LogP contribution in [0.2, 0.25) is 0 Å². The maximum absolute atomic E-state index is 8.35. The van der Waals surface area contributed by atoms with Gasteiger partial charge < -0.3 is 9.13 Å². The third-order valence-electron chi connectivity index (χ3n) is 0. The van der Waals surface area contributed by atoms with Crippen LogP contribution in [-0.4, -0.2) is 0 Å². The van der Waals surface area contributed by atoms with Crippen LogP contribution in [0.3, 0.4) is 0 Å². The van der Waals surface area contributed by atoms with Crippen LogP contribution in [0.15, 0.2) is 0 Å². The zero-order chi connectivity index (χ0) is 2.71. The Morgan fingerprint density at radius 2 is 1.25 bits per heavy atom. The molecule has 0 radical (unpaired) electrons. The minimum atomic E-state index is -1.08. The second kappa shape index (κ2) is 9.73. The van der Waals surface area contributed by atoms with Crippen LogP contribution in [0.1, 0.15) is 0 Å². The van der Waals surface area contributed by atoms with Crippen molar-refractivity contribution in [3.05, 3.63) is 0 Å². The first-order valence-electron chi connectivity index (χ1n) is 0.365. The molecule has 0 saturated heterocycles. The number of hydrogen-bond donors (Lipinski definition) is 0. The van der Waals surface area contributed by atoms with Gasteiger partial charge in [0.05, 0.1) is 0 Å². The summed E-state index contributed by atoms with van der Waals surface area (Å²) in [5.74, 6) is 0. The fourth-order valence-corrected chi connectivity index (χ4v) is 0. The van der Waals surface area contributed by atoms with Crippen molar-refractivity contribution >= 4 is 8.34 Å². The normalized spacial score (nSPS) is 3.00. The summed E-state index contributed by atoms with van der Waals surface area (Å²) in [6.07, 6.45) is 0. The molecule has 4 heteroatoms. The molecule has 0 aliphatic carbocycles. The Morgan fingerprint density at radius 3 is 1.25 bits per heavy atom. The van der Waals surface area contributed by atoms with Crippen molar-refractivity contribution in [2.24, 2.45) is 0 Å². The molecule has 0 aromatic carbocycles. The molecule has 0 unspecified atom stereocenters. The van der Waals surface area contributed by atoms with E-state index < -0.39 is 8.34 Å². The molecule has 0 aliphatic rings. The molecule has 0 bridgehead atoms. The van der Waals surface area contributed by atoms with Gasteiger partial charge in [0.1, 0.15) is 0 Å². The van der Waals surface area contributed by atoms with E-state index in [1.807, 2.05) is 0 Å². The monoisotopic (exact) mass is 70.0 g/mol. The molecule has 18 valence electrons. The van der Waals surface area contributed by atoms with Gasteiger partial charge in [0.2, 0.25) is 0 Å². The van der Waals surface area contributed by atoms with Crippen LogP contribution < -0.4 is 18.9 Å². The van der Waals surface area contributed by atoms with E-state index >= 15 is 0 Å². The zero-order valence-electron chi connectivity index (χ0n) is 2.26. The van der Waals surface area contributed by atoms with Gasteiger partial charge >= 0.3 is 18.9 Å². The predicted molar refractivity (Wildman–Crippen MR) is 8.29 cm³/mol. The molecule has 0 heterocycles. The summed E-state index contributed by atoms with van der Waals surface area (Å²) < 4.78 is 16.7. The van der Waals surface area contributed by atoms with Gasteiger partial charge in [0.15, 0.2) is 0 Å². The van der Waals surface area contributed by atoms with E-state index in [1.54, 1.807) is 0 Å². The molecule has 2 nitrogen and oxygen atoms in total. The molecule has 0 spiro atoms. The van der Waals surface area contributed by atoms with Crippen molar-refractivity contribution in [1.82, 2.24) is 0 Å². The fourth-order valence-electron chi connectivity index (χ4n) is 0. The van der Waals surface area contributed by atoms with E-state index in [0.29, 0.717) is 0 Å². The SMILES string of the molecule is O=[P-]=O.[Li+]. The molecule has 0 fully saturated rings. The van der Waals surface area contributed by atoms with Gasteiger partial charge in [0.25, 0.3) is 0 Å². The molecule has 0 aliphatic heterocycles. The summed E-state index contributed by atoms with van der Waals surface area (Å²) in [6, 6.07) is 0. The van der Waals surface area contributed by atoms with Crippen molar-refractivity contribution in [3.63, 3.8) is 0 Å². The standard InChI is InChI=1S/Li.O2P/c;1-3-2/q+1;-1. The molecular formula is LiO2P. The van der Waals surface area contributed by atoms with Gasteiger partial charge in [-0.2, -0.15) is 0 Å². The molecular weight excluding hydrogens is 69.9 g/mol. The summed E-state index contributed by atoms with van der Waals surface area (Å²) in [7, 11) is -1.08. The third kappa shape index (κ3) is 22.6.